The zero-order valence-corrected chi connectivity index (χ0v) is 12.4. The molecule has 22 heavy (non-hydrogen) atoms. The van der Waals surface area contributed by atoms with Gasteiger partial charge in [-0.2, -0.15) is 0 Å². The number of aromatic nitrogens is 2. The molecule has 0 bridgehead atoms. The molecule has 3 rings (SSSR count). The largest absolute Gasteiger partial charge is 0.395 e. The van der Waals surface area contributed by atoms with Crippen molar-refractivity contribution in [1.82, 2.24) is 15.5 Å². The van der Waals surface area contributed by atoms with Crippen molar-refractivity contribution in [2.75, 3.05) is 13.2 Å². The van der Waals surface area contributed by atoms with Gasteiger partial charge in [-0.15, -0.1) is 11.3 Å². The fraction of sp³-hybridized carbons (Fsp3) is 0.200. The van der Waals surface area contributed by atoms with Crippen molar-refractivity contribution in [3.63, 3.8) is 0 Å². The number of aliphatic hydroxyl groups excluding tert-OH is 1. The van der Waals surface area contributed by atoms with Crippen LogP contribution in [0.15, 0.2) is 40.4 Å². The minimum Gasteiger partial charge on any atom is -0.395 e. The number of thiazole rings is 1. The van der Waals surface area contributed by atoms with Crippen molar-refractivity contribution in [1.29, 1.82) is 0 Å². The molecule has 1 aromatic carbocycles. The number of nitrogens with one attached hydrogen (secondary N) is 1. The van der Waals surface area contributed by atoms with Crippen molar-refractivity contribution in [2.24, 2.45) is 0 Å². The molecule has 0 aliphatic heterocycles. The van der Waals surface area contributed by atoms with Gasteiger partial charge in [-0.1, -0.05) is 5.16 Å². The van der Waals surface area contributed by atoms with Crippen LogP contribution in [0, 0.1) is 5.82 Å². The number of nitrogens with zero attached hydrogens (tertiary/aromatic N) is 2. The molecule has 0 spiro atoms. The van der Waals surface area contributed by atoms with Gasteiger partial charge in [0.1, 0.15) is 16.5 Å². The lowest BCUT2D eigenvalue weighted by Crippen LogP contribution is -2.17. The molecule has 2 heterocycles. The van der Waals surface area contributed by atoms with E-state index in [0.29, 0.717) is 24.5 Å². The second-order valence-electron chi connectivity index (χ2n) is 4.57. The summed E-state index contributed by atoms with van der Waals surface area (Å²) < 4.78 is 18.5. The first kappa shape index (κ1) is 14.8. The molecule has 0 saturated heterocycles. The van der Waals surface area contributed by atoms with Gasteiger partial charge in [-0.3, -0.25) is 0 Å². The Kier molecular flexibility index (Phi) is 4.57. The SMILES string of the molecule is OCCNCc1onc(-c2ccc(F)cc2)c1-c1nccs1. The number of halogens is 1. The Balaban J connectivity index is 2.01. The molecule has 0 amide bonds. The Morgan fingerprint density at radius 2 is 2.09 bits per heavy atom. The van der Waals surface area contributed by atoms with Crippen molar-refractivity contribution in [3.8, 4) is 21.8 Å². The highest BCUT2D eigenvalue weighted by atomic mass is 32.1. The second-order valence-corrected chi connectivity index (χ2v) is 5.47. The van der Waals surface area contributed by atoms with Crippen molar-refractivity contribution in [3.05, 3.63) is 47.4 Å². The lowest BCUT2D eigenvalue weighted by molar-refractivity contribution is 0.287. The molecule has 2 N–H and O–H groups in total. The zero-order chi connectivity index (χ0) is 15.4. The topological polar surface area (TPSA) is 71.2 Å². The van der Waals surface area contributed by atoms with Crippen LogP contribution in [0.3, 0.4) is 0 Å². The Labute approximate surface area is 130 Å². The molecule has 0 saturated carbocycles. The zero-order valence-electron chi connectivity index (χ0n) is 11.6. The van der Waals surface area contributed by atoms with Gasteiger partial charge in [0.15, 0.2) is 5.76 Å². The maximum atomic E-state index is 13.1. The molecule has 2 aromatic heterocycles. The van der Waals surface area contributed by atoms with E-state index in [0.717, 1.165) is 16.1 Å². The summed E-state index contributed by atoms with van der Waals surface area (Å²) in [6, 6.07) is 6.10. The third-order valence-corrected chi connectivity index (χ3v) is 3.89. The van der Waals surface area contributed by atoms with Crippen LogP contribution in [0.1, 0.15) is 5.76 Å². The highest BCUT2D eigenvalue weighted by molar-refractivity contribution is 7.13. The number of benzene rings is 1. The van der Waals surface area contributed by atoms with Gasteiger partial charge in [-0.25, -0.2) is 9.37 Å². The molecule has 114 valence electrons. The quantitative estimate of drug-likeness (QED) is 0.684. The number of hydrogen-bond acceptors (Lipinski definition) is 6. The molecule has 0 unspecified atom stereocenters. The van der Waals surface area contributed by atoms with E-state index >= 15 is 0 Å². The summed E-state index contributed by atoms with van der Waals surface area (Å²) in [7, 11) is 0. The Bertz CT molecular complexity index is 726. The van der Waals surface area contributed by atoms with Gasteiger partial charge in [0.25, 0.3) is 0 Å². The molecule has 0 fully saturated rings. The summed E-state index contributed by atoms with van der Waals surface area (Å²) in [6.07, 6.45) is 1.71. The third kappa shape index (κ3) is 3.06. The maximum absolute atomic E-state index is 13.1. The van der Waals surface area contributed by atoms with E-state index in [1.54, 1.807) is 18.3 Å². The van der Waals surface area contributed by atoms with E-state index in [2.05, 4.69) is 15.5 Å². The van der Waals surface area contributed by atoms with Crippen molar-refractivity contribution >= 4 is 11.3 Å². The molecule has 0 aliphatic carbocycles. The monoisotopic (exact) mass is 319 g/mol. The molecule has 0 atom stereocenters. The van der Waals surface area contributed by atoms with Gasteiger partial charge < -0.3 is 14.9 Å². The predicted molar refractivity (Wildman–Crippen MR) is 81.8 cm³/mol. The van der Waals surface area contributed by atoms with E-state index < -0.39 is 0 Å². The first-order valence-corrected chi connectivity index (χ1v) is 7.63. The van der Waals surface area contributed by atoms with Crippen LogP contribution in [0.25, 0.3) is 21.8 Å². The maximum Gasteiger partial charge on any atom is 0.161 e. The van der Waals surface area contributed by atoms with Crippen LogP contribution in [0.2, 0.25) is 0 Å². The predicted octanol–water partition coefficient (Wildman–Crippen LogP) is 2.69. The molecular formula is C15H14FN3O2S. The van der Waals surface area contributed by atoms with E-state index in [9.17, 15) is 4.39 Å². The first-order valence-electron chi connectivity index (χ1n) is 6.75. The number of aliphatic hydroxyl groups is 1. The standard InChI is InChI=1S/C15H14FN3O2S/c16-11-3-1-10(2-4-11)14-13(15-18-6-8-22-15)12(21-19-14)9-17-5-7-20/h1-4,6,8,17,20H,5,7,9H2. The van der Waals surface area contributed by atoms with Crippen LogP contribution in [0.4, 0.5) is 4.39 Å². The van der Waals surface area contributed by atoms with Crippen LogP contribution >= 0.6 is 11.3 Å². The van der Waals surface area contributed by atoms with Gasteiger partial charge in [-0.05, 0) is 24.3 Å². The van der Waals surface area contributed by atoms with E-state index in [1.165, 1.54) is 23.5 Å². The summed E-state index contributed by atoms with van der Waals surface area (Å²) in [4.78, 5) is 4.32. The average Bonchev–Trinajstić information content (AvgIpc) is 3.17. The second kappa shape index (κ2) is 6.78. The molecular weight excluding hydrogens is 305 g/mol. The van der Waals surface area contributed by atoms with Crippen LogP contribution in [-0.2, 0) is 6.54 Å². The molecule has 0 aliphatic rings. The van der Waals surface area contributed by atoms with Crippen molar-refractivity contribution in [2.45, 2.75) is 6.54 Å². The summed E-state index contributed by atoms with van der Waals surface area (Å²) in [5.74, 6) is 0.343. The minimum absolute atomic E-state index is 0.0472. The Hall–Kier alpha value is -2.09. The van der Waals surface area contributed by atoms with Crippen molar-refractivity contribution < 1.29 is 14.0 Å². The van der Waals surface area contributed by atoms with E-state index in [1.807, 2.05) is 5.38 Å². The van der Waals surface area contributed by atoms with E-state index in [4.69, 9.17) is 9.63 Å². The van der Waals surface area contributed by atoms with Gasteiger partial charge in [0.2, 0.25) is 0 Å². The minimum atomic E-state index is -0.298. The van der Waals surface area contributed by atoms with Crippen LogP contribution < -0.4 is 5.32 Å². The average molecular weight is 319 g/mol. The van der Waals surface area contributed by atoms with Gasteiger partial charge in [0.05, 0.1) is 18.7 Å². The summed E-state index contributed by atoms with van der Waals surface area (Å²) in [5, 5.41) is 18.7. The summed E-state index contributed by atoms with van der Waals surface area (Å²) in [6.45, 7) is 0.944. The molecule has 7 heteroatoms. The third-order valence-electron chi connectivity index (χ3n) is 3.10. The Morgan fingerprint density at radius 1 is 1.27 bits per heavy atom. The molecule has 0 radical (unpaired) electrons. The van der Waals surface area contributed by atoms with Crippen LogP contribution in [-0.4, -0.2) is 28.4 Å². The normalized spacial score (nSPS) is 11.0. The number of rotatable bonds is 6. The lowest BCUT2D eigenvalue weighted by Gasteiger charge is -2.03. The van der Waals surface area contributed by atoms with Crippen LogP contribution in [0.5, 0.6) is 0 Å². The number of hydrogen-bond donors (Lipinski definition) is 2. The van der Waals surface area contributed by atoms with Gasteiger partial charge >= 0.3 is 0 Å². The summed E-state index contributed by atoms with van der Waals surface area (Å²) in [5.41, 5.74) is 2.20. The van der Waals surface area contributed by atoms with Gasteiger partial charge in [0, 0.05) is 23.7 Å². The fourth-order valence-electron chi connectivity index (χ4n) is 2.10. The molecule has 5 nitrogen and oxygen atoms in total. The fourth-order valence-corrected chi connectivity index (χ4v) is 2.80. The highest BCUT2D eigenvalue weighted by Gasteiger charge is 2.20. The smallest absolute Gasteiger partial charge is 0.161 e. The summed E-state index contributed by atoms with van der Waals surface area (Å²) >= 11 is 1.48. The van der Waals surface area contributed by atoms with E-state index in [-0.39, 0.29) is 12.4 Å². The highest BCUT2D eigenvalue weighted by Crippen LogP contribution is 2.35. The first-order chi connectivity index (χ1) is 10.8. The Morgan fingerprint density at radius 3 is 2.77 bits per heavy atom. The lowest BCUT2D eigenvalue weighted by atomic mass is 10.1. The molecule has 3 aromatic rings.